The average Bonchev–Trinajstić information content (AvgIpc) is 3.14. The monoisotopic (exact) mass is 331 g/mol. The lowest BCUT2D eigenvalue weighted by atomic mass is 9.82. The fraction of sp³-hybridized carbons (Fsp3) is 0.933. The summed E-state index contributed by atoms with van der Waals surface area (Å²) in [4.78, 5) is 17.4. The molecule has 0 amide bonds. The van der Waals surface area contributed by atoms with Crippen molar-refractivity contribution in [1.29, 1.82) is 0 Å². The number of hydrogen-bond acceptors (Lipinski definition) is 6. The van der Waals surface area contributed by atoms with Crippen LogP contribution < -0.4 is 16.3 Å². The summed E-state index contributed by atoms with van der Waals surface area (Å²) < 4.78 is 5.45. The van der Waals surface area contributed by atoms with E-state index < -0.39 is 0 Å². The van der Waals surface area contributed by atoms with E-state index in [1.807, 2.05) is 6.92 Å². The van der Waals surface area contributed by atoms with Crippen LogP contribution in [0, 0.1) is 11.8 Å². The number of rotatable bonds is 4. The van der Waals surface area contributed by atoms with Crippen molar-refractivity contribution in [3.05, 3.63) is 0 Å². The number of hydrogen-bond donors (Lipinski definition) is 3. The van der Waals surface area contributed by atoms with Crippen LogP contribution in [0.25, 0.3) is 0 Å². The van der Waals surface area contributed by atoms with Crippen LogP contribution in [0.15, 0.2) is 0 Å². The Morgan fingerprint density at radius 2 is 2.14 bits per heavy atom. The van der Waals surface area contributed by atoms with Crippen LogP contribution in [0.3, 0.4) is 0 Å². The Bertz CT molecular complexity index is 398. The van der Waals surface area contributed by atoms with E-state index in [1.54, 1.807) is 0 Å². The first-order chi connectivity index (χ1) is 10.6. The lowest BCUT2D eigenvalue weighted by Crippen LogP contribution is -2.42. The summed E-state index contributed by atoms with van der Waals surface area (Å²) in [7, 11) is 0. The first kappa shape index (κ1) is 16.5. The predicted octanol–water partition coefficient (Wildman–Crippen LogP) is 1.10. The van der Waals surface area contributed by atoms with E-state index in [0.717, 1.165) is 25.8 Å². The van der Waals surface area contributed by atoms with Crippen LogP contribution in [0.5, 0.6) is 0 Å². The van der Waals surface area contributed by atoms with Gasteiger partial charge in [0.25, 0.3) is 0 Å². The van der Waals surface area contributed by atoms with Gasteiger partial charge in [-0.15, -0.1) is 11.6 Å². The molecule has 0 radical (unpaired) electrons. The van der Waals surface area contributed by atoms with Gasteiger partial charge in [-0.25, -0.2) is 10.9 Å². The number of esters is 1. The average molecular weight is 332 g/mol. The van der Waals surface area contributed by atoms with Crippen molar-refractivity contribution in [2.24, 2.45) is 11.8 Å². The maximum Gasteiger partial charge on any atom is 0.324 e. The molecule has 0 spiro atoms. The van der Waals surface area contributed by atoms with Crippen LogP contribution in [0.4, 0.5) is 0 Å². The summed E-state index contributed by atoms with van der Waals surface area (Å²) in [6.45, 7) is 3.11. The molecule has 3 N–H and O–H groups in total. The maximum atomic E-state index is 12.2. The van der Waals surface area contributed by atoms with Gasteiger partial charge >= 0.3 is 5.97 Å². The molecule has 7 heteroatoms. The molecule has 0 aromatic carbocycles. The van der Waals surface area contributed by atoms with E-state index in [2.05, 4.69) is 16.3 Å². The number of carbonyl (C=O) groups is 1. The van der Waals surface area contributed by atoms with Gasteiger partial charge in [-0.05, 0) is 32.1 Å². The summed E-state index contributed by atoms with van der Waals surface area (Å²) >= 11 is 6.45. The molecule has 1 aliphatic carbocycles. The van der Waals surface area contributed by atoms with E-state index >= 15 is 0 Å². The first-order valence-electron chi connectivity index (χ1n) is 8.35. The topological polar surface area (TPSA) is 71.6 Å². The van der Waals surface area contributed by atoms with E-state index in [0.29, 0.717) is 12.5 Å². The lowest BCUT2D eigenvalue weighted by Gasteiger charge is -2.31. The molecule has 3 aliphatic rings. The predicted molar refractivity (Wildman–Crippen MR) is 83.1 cm³/mol. The molecule has 3 fully saturated rings. The second-order valence-corrected chi connectivity index (χ2v) is 7.27. The molecule has 0 aromatic heterocycles. The smallest absolute Gasteiger partial charge is 0.324 e. The molecular weight excluding hydrogens is 306 g/mol. The number of hydroxylamine groups is 1. The van der Waals surface area contributed by atoms with Gasteiger partial charge in [-0.3, -0.25) is 15.1 Å². The highest BCUT2D eigenvalue weighted by molar-refractivity contribution is 6.20. The Kier molecular flexibility index (Phi) is 5.57. The molecule has 6 unspecified atom stereocenters. The number of ether oxygens (including phenoxy) is 1. The summed E-state index contributed by atoms with van der Waals surface area (Å²) in [5.41, 5.74) is 9.17. The molecule has 6 atom stereocenters. The van der Waals surface area contributed by atoms with Gasteiger partial charge in [0, 0.05) is 23.9 Å². The van der Waals surface area contributed by atoms with Crippen molar-refractivity contribution in [3.63, 3.8) is 0 Å². The molecule has 2 heterocycles. The van der Waals surface area contributed by atoms with Gasteiger partial charge < -0.3 is 4.74 Å². The molecule has 2 saturated heterocycles. The van der Waals surface area contributed by atoms with Gasteiger partial charge in [0.15, 0.2) is 0 Å². The minimum atomic E-state index is -0.277. The maximum absolute atomic E-state index is 12.2. The normalized spacial score (nSPS) is 42.5. The van der Waals surface area contributed by atoms with Crippen molar-refractivity contribution in [3.8, 4) is 0 Å². The Morgan fingerprint density at radius 1 is 1.32 bits per heavy atom. The van der Waals surface area contributed by atoms with Crippen LogP contribution in [0.2, 0.25) is 0 Å². The summed E-state index contributed by atoms with van der Waals surface area (Å²) in [6, 6.07) is -0.0165. The fourth-order valence-corrected chi connectivity index (χ4v) is 4.07. The van der Waals surface area contributed by atoms with Crippen LogP contribution >= 0.6 is 11.6 Å². The number of halogens is 1. The minimum Gasteiger partial charge on any atom is -0.464 e. The van der Waals surface area contributed by atoms with Gasteiger partial charge in [-0.1, -0.05) is 12.8 Å². The van der Waals surface area contributed by atoms with Crippen molar-refractivity contribution >= 4 is 17.6 Å². The number of alkyl halides is 1. The van der Waals surface area contributed by atoms with Gasteiger partial charge in [0.1, 0.15) is 6.04 Å². The molecule has 1 saturated carbocycles. The van der Waals surface area contributed by atoms with E-state index in [4.69, 9.17) is 21.2 Å². The van der Waals surface area contributed by atoms with Crippen LogP contribution in [-0.2, 0) is 14.4 Å². The highest BCUT2D eigenvalue weighted by Crippen LogP contribution is 2.33. The molecule has 0 bridgehead atoms. The lowest BCUT2D eigenvalue weighted by molar-refractivity contribution is -0.147. The van der Waals surface area contributed by atoms with Crippen molar-refractivity contribution < 1.29 is 14.4 Å². The first-order valence-corrected chi connectivity index (χ1v) is 8.79. The molecule has 22 heavy (non-hydrogen) atoms. The van der Waals surface area contributed by atoms with Gasteiger partial charge in [-0.2, -0.15) is 0 Å². The Balaban J connectivity index is 1.44. The van der Waals surface area contributed by atoms with E-state index in [9.17, 15) is 4.79 Å². The molecule has 0 aromatic rings. The molecule has 6 nitrogen and oxygen atoms in total. The number of nitrogens with one attached hydrogen (secondary N) is 3. The fourth-order valence-electron chi connectivity index (χ4n) is 3.62. The second-order valence-electron chi connectivity index (χ2n) is 6.71. The third-order valence-corrected chi connectivity index (χ3v) is 5.73. The highest BCUT2D eigenvalue weighted by atomic mass is 35.5. The summed E-state index contributed by atoms with van der Waals surface area (Å²) in [5, 5.41) is 0.213. The van der Waals surface area contributed by atoms with E-state index in [-0.39, 0.29) is 35.5 Å². The molecular formula is C15H26ClN3O3. The number of hydrazine groups is 1. The zero-order chi connectivity index (χ0) is 15.5. The number of carbonyl (C=O) groups excluding carboxylic acids is 1. The molecule has 2 aliphatic heterocycles. The summed E-state index contributed by atoms with van der Waals surface area (Å²) in [5.74, 6) is 0.476. The van der Waals surface area contributed by atoms with E-state index in [1.165, 1.54) is 12.8 Å². The molecule has 126 valence electrons. The standard InChI is InChI=1S/C15H26ClN3O3/c1-9-10(7-17-22-9)8-21-15(20)14-6-13(18-19-14)11-4-2-3-5-12(11)16/h9-14,17-19H,2-8H2,1H3. The Morgan fingerprint density at radius 3 is 2.86 bits per heavy atom. The minimum absolute atomic E-state index is 0.0782. The van der Waals surface area contributed by atoms with Gasteiger partial charge in [0.05, 0.1) is 12.7 Å². The Labute approximate surface area is 136 Å². The quantitative estimate of drug-likeness (QED) is 0.529. The summed E-state index contributed by atoms with van der Waals surface area (Å²) in [6.07, 6.45) is 5.49. The Hall–Kier alpha value is -0.400. The van der Waals surface area contributed by atoms with Crippen molar-refractivity contribution in [2.75, 3.05) is 13.2 Å². The molecule has 3 rings (SSSR count). The zero-order valence-corrected chi connectivity index (χ0v) is 13.8. The van der Waals surface area contributed by atoms with Gasteiger partial charge in [0.2, 0.25) is 0 Å². The van der Waals surface area contributed by atoms with Crippen LogP contribution in [-0.4, -0.2) is 42.7 Å². The highest BCUT2D eigenvalue weighted by Gasteiger charge is 2.38. The second kappa shape index (κ2) is 7.45. The SMILES string of the molecule is CC1ONCC1COC(=O)C1CC(C2CCCCC2Cl)NN1. The van der Waals surface area contributed by atoms with Crippen molar-refractivity contribution in [2.45, 2.75) is 62.6 Å². The third kappa shape index (κ3) is 3.74. The largest absolute Gasteiger partial charge is 0.464 e. The zero-order valence-electron chi connectivity index (χ0n) is 13.0. The van der Waals surface area contributed by atoms with Crippen molar-refractivity contribution in [1.82, 2.24) is 16.3 Å². The van der Waals surface area contributed by atoms with Crippen LogP contribution in [0.1, 0.15) is 39.0 Å². The third-order valence-electron chi connectivity index (χ3n) is 5.18.